The Morgan fingerprint density at radius 3 is 2.63 bits per heavy atom. The first-order valence-electron chi connectivity index (χ1n) is 10.3. The molecule has 1 aliphatic heterocycles. The summed E-state index contributed by atoms with van der Waals surface area (Å²) in [4.78, 5) is 7.64. The quantitative estimate of drug-likeness (QED) is 0.390. The van der Waals surface area contributed by atoms with Gasteiger partial charge >= 0.3 is 0 Å². The van der Waals surface area contributed by atoms with Crippen molar-refractivity contribution in [2.24, 2.45) is 0 Å². The fraction of sp³-hybridized carbons (Fsp3) is 0.120. The van der Waals surface area contributed by atoms with E-state index < -0.39 is 37.7 Å². The standard InChI is InChI=1S/C25H17F2N3O4S/c1-25(31)7-5-14-6-8-28-21-4-3-15(9-17(14)21)16-10-22(24(34-2)29-13-16)30-35(32,33)23-11-18(25)19(26)12-20(23)27/h3-4,6,8-13,30-31H,1-2H3. The van der Waals surface area contributed by atoms with Crippen LogP contribution in [0.1, 0.15) is 18.1 Å². The minimum atomic E-state index is -4.59. The minimum absolute atomic E-state index is 0.0529. The summed E-state index contributed by atoms with van der Waals surface area (Å²) < 4.78 is 63.1. The first kappa shape index (κ1) is 22.7. The highest BCUT2D eigenvalue weighted by Crippen LogP contribution is 2.34. The van der Waals surface area contributed by atoms with Crippen LogP contribution in [0.3, 0.4) is 0 Å². The van der Waals surface area contributed by atoms with Crippen molar-refractivity contribution >= 4 is 26.6 Å². The number of ether oxygens (including phenoxy) is 1. The van der Waals surface area contributed by atoms with Crippen molar-refractivity contribution < 1.29 is 27.0 Å². The maximum Gasteiger partial charge on any atom is 0.265 e. The molecule has 0 fully saturated rings. The van der Waals surface area contributed by atoms with Crippen LogP contribution in [0.5, 0.6) is 5.88 Å². The molecule has 1 unspecified atom stereocenters. The number of hydrogen-bond acceptors (Lipinski definition) is 6. The van der Waals surface area contributed by atoms with E-state index in [0.717, 1.165) is 6.07 Å². The Bertz CT molecular complexity index is 1690. The van der Waals surface area contributed by atoms with Gasteiger partial charge in [0.1, 0.15) is 22.2 Å². The van der Waals surface area contributed by atoms with Crippen LogP contribution in [0.25, 0.3) is 22.0 Å². The van der Waals surface area contributed by atoms with E-state index in [4.69, 9.17) is 4.74 Å². The Balaban J connectivity index is 1.88. The fourth-order valence-electron chi connectivity index (χ4n) is 3.84. The second kappa shape index (κ2) is 8.01. The van der Waals surface area contributed by atoms with Crippen LogP contribution in [-0.2, 0) is 15.6 Å². The molecule has 7 nitrogen and oxygen atoms in total. The number of pyridine rings is 2. The lowest BCUT2D eigenvalue weighted by atomic mass is 9.95. The summed E-state index contributed by atoms with van der Waals surface area (Å²) in [6, 6.07) is 9.60. The van der Waals surface area contributed by atoms with Gasteiger partial charge in [0.2, 0.25) is 5.88 Å². The number of nitrogens with zero attached hydrogens (tertiary/aromatic N) is 2. The third-order valence-electron chi connectivity index (χ3n) is 5.64. The second-order valence-electron chi connectivity index (χ2n) is 8.06. The van der Waals surface area contributed by atoms with Gasteiger partial charge in [0.25, 0.3) is 10.0 Å². The van der Waals surface area contributed by atoms with Crippen LogP contribution in [0.4, 0.5) is 14.5 Å². The van der Waals surface area contributed by atoms with Gasteiger partial charge in [-0.05, 0) is 42.8 Å². The Hall–Kier alpha value is -4.07. The van der Waals surface area contributed by atoms with Crippen molar-refractivity contribution in [3.8, 4) is 28.8 Å². The summed E-state index contributed by atoms with van der Waals surface area (Å²) in [5.41, 5.74) is -0.367. The summed E-state index contributed by atoms with van der Waals surface area (Å²) >= 11 is 0. The zero-order valence-electron chi connectivity index (χ0n) is 18.4. The topological polar surface area (TPSA) is 101 Å². The summed E-state index contributed by atoms with van der Waals surface area (Å²) in [7, 11) is -3.28. The van der Waals surface area contributed by atoms with E-state index in [1.54, 1.807) is 30.5 Å². The lowest BCUT2D eigenvalue weighted by Crippen LogP contribution is -2.23. The Morgan fingerprint density at radius 2 is 1.86 bits per heavy atom. The van der Waals surface area contributed by atoms with Crippen LogP contribution in [0.2, 0.25) is 0 Å². The predicted molar refractivity (Wildman–Crippen MR) is 125 cm³/mol. The molecule has 0 saturated carbocycles. The number of rotatable bonds is 1. The van der Waals surface area contributed by atoms with E-state index in [1.165, 1.54) is 26.3 Å². The number of hydrogen-bond donors (Lipinski definition) is 2. The molecule has 0 saturated heterocycles. The number of sulfonamides is 1. The van der Waals surface area contributed by atoms with Crippen molar-refractivity contribution in [2.75, 3.05) is 11.8 Å². The molecule has 1 atom stereocenters. The molecule has 6 bridgehead atoms. The minimum Gasteiger partial charge on any atom is -0.480 e. The number of benzene rings is 2. The number of nitrogens with one attached hydrogen (secondary N) is 1. The van der Waals surface area contributed by atoms with Crippen molar-refractivity contribution in [3.05, 3.63) is 77.6 Å². The van der Waals surface area contributed by atoms with Crippen molar-refractivity contribution in [3.63, 3.8) is 0 Å². The zero-order valence-corrected chi connectivity index (χ0v) is 19.2. The first-order valence-corrected chi connectivity index (χ1v) is 11.8. The molecular weight excluding hydrogens is 476 g/mol. The number of halogens is 2. The fourth-order valence-corrected chi connectivity index (χ4v) is 4.98. The largest absolute Gasteiger partial charge is 0.480 e. The molecule has 2 N–H and O–H groups in total. The molecule has 2 aromatic heterocycles. The molecule has 0 radical (unpaired) electrons. The van der Waals surface area contributed by atoms with Crippen LogP contribution in [0, 0.1) is 23.5 Å². The van der Waals surface area contributed by atoms with Gasteiger partial charge in [0.05, 0.1) is 12.6 Å². The van der Waals surface area contributed by atoms with Crippen molar-refractivity contribution in [2.45, 2.75) is 17.4 Å². The highest BCUT2D eigenvalue weighted by atomic mass is 32.2. The Kier molecular flexibility index (Phi) is 5.20. The smallest absolute Gasteiger partial charge is 0.265 e. The summed E-state index contributed by atoms with van der Waals surface area (Å²) in [6.45, 7) is 1.20. The molecule has 10 heteroatoms. The average molecular weight is 493 g/mol. The number of fused-ring (bicyclic) bond motifs is 6. The van der Waals surface area contributed by atoms with E-state index in [0.29, 0.717) is 33.7 Å². The summed E-state index contributed by atoms with van der Waals surface area (Å²) in [5.74, 6) is 2.89. The molecule has 0 amide bonds. The first-order chi connectivity index (χ1) is 16.6. The van der Waals surface area contributed by atoms with Crippen molar-refractivity contribution in [1.82, 2.24) is 9.97 Å². The number of anilines is 1. The van der Waals surface area contributed by atoms with E-state index >= 15 is 0 Å². The molecule has 5 rings (SSSR count). The zero-order chi connectivity index (χ0) is 25.0. The molecular formula is C25H17F2N3O4S. The third kappa shape index (κ3) is 3.95. The van der Waals surface area contributed by atoms with Gasteiger partial charge in [-0.2, -0.15) is 0 Å². The van der Waals surface area contributed by atoms with Gasteiger partial charge in [-0.1, -0.05) is 17.9 Å². The molecule has 0 aliphatic carbocycles. The molecule has 2 aromatic carbocycles. The van der Waals surface area contributed by atoms with Gasteiger partial charge in [0.15, 0.2) is 5.60 Å². The highest BCUT2D eigenvalue weighted by Gasteiger charge is 2.30. The SMILES string of the molecule is COc1ncc2cc1NS(=O)(=O)c1cc(c(F)cc1F)C(C)(O)C#Cc1ccnc3ccc-2cc13. The lowest BCUT2D eigenvalue weighted by molar-refractivity contribution is 0.117. The van der Waals surface area contributed by atoms with E-state index in [1.807, 2.05) is 0 Å². The average Bonchev–Trinajstić information content (AvgIpc) is 2.81. The molecule has 3 heterocycles. The van der Waals surface area contributed by atoms with E-state index in [9.17, 15) is 22.3 Å². The van der Waals surface area contributed by atoms with Gasteiger partial charge < -0.3 is 9.84 Å². The van der Waals surface area contributed by atoms with Gasteiger partial charge in [-0.15, -0.1) is 0 Å². The second-order valence-corrected chi connectivity index (χ2v) is 9.71. The van der Waals surface area contributed by atoms with Gasteiger partial charge in [-0.25, -0.2) is 22.2 Å². The number of aromatic nitrogens is 2. The Labute approximate surface area is 199 Å². The highest BCUT2D eigenvalue weighted by molar-refractivity contribution is 7.92. The molecule has 35 heavy (non-hydrogen) atoms. The summed E-state index contributed by atoms with van der Waals surface area (Å²) in [6.07, 6.45) is 3.05. The predicted octanol–water partition coefficient (Wildman–Crippen LogP) is 3.96. The van der Waals surface area contributed by atoms with Crippen LogP contribution in [-0.4, -0.2) is 30.6 Å². The monoisotopic (exact) mass is 493 g/mol. The van der Waals surface area contributed by atoms with Gasteiger partial charge in [0, 0.05) is 40.5 Å². The molecule has 176 valence electrons. The lowest BCUT2D eigenvalue weighted by Gasteiger charge is -2.19. The van der Waals surface area contributed by atoms with Crippen LogP contribution >= 0.6 is 0 Å². The maximum absolute atomic E-state index is 14.7. The maximum atomic E-state index is 14.7. The van der Waals surface area contributed by atoms with E-state index in [-0.39, 0.29) is 11.6 Å². The van der Waals surface area contributed by atoms with Gasteiger partial charge in [-0.3, -0.25) is 9.71 Å². The normalized spacial score (nSPS) is 18.1. The summed E-state index contributed by atoms with van der Waals surface area (Å²) in [5, 5.41) is 11.6. The molecule has 1 aliphatic rings. The van der Waals surface area contributed by atoms with E-state index in [2.05, 4.69) is 26.5 Å². The van der Waals surface area contributed by atoms with Crippen LogP contribution in [0.15, 0.2) is 59.8 Å². The Morgan fingerprint density at radius 1 is 1.06 bits per heavy atom. The molecule has 0 spiro atoms. The van der Waals surface area contributed by atoms with Crippen LogP contribution < -0.4 is 9.46 Å². The third-order valence-corrected chi connectivity index (χ3v) is 7.02. The molecule has 4 aromatic rings. The van der Waals surface area contributed by atoms with Crippen molar-refractivity contribution in [1.29, 1.82) is 0 Å². The number of aliphatic hydroxyl groups is 1. The number of methoxy groups -OCH3 is 1.